The Balaban J connectivity index is 1.49. The fourth-order valence-electron chi connectivity index (χ4n) is 4.52. The van der Waals surface area contributed by atoms with Gasteiger partial charge in [-0.05, 0) is 62.7 Å². The van der Waals surface area contributed by atoms with Crippen molar-refractivity contribution in [1.29, 1.82) is 0 Å². The summed E-state index contributed by atoms with van der Waals surface area (Å²) in [6.45, 7) is 3.26. The lowest BCUT2D eigenvalue weighted by molar-refractivity contribution is -0.123. The van der Waals surface area contributed by atoms with Crippen molar-refractivity contribution >= 4 is 22.6 Å². The average Bonchev–Trinajstić information content (AvgIpc) is 3.25. The zero-order chi connectivity index (χ0) is 26.4. The Bertz CT molecular complexity index is 1530. The number of pyridine rings is 2. The van der Waals surface area contributed by atoms with Crippen LogP contribution in [-0.4, -0.2) is 33.4 Å². The molecule has 37 heavy (non-hydrogen) atoms. The summed E-state index contributed by atoms with van der Waals surface area (Å²) >= 11 is 0. The number of hydrogen-bond acceptors (Lipinski definition) is 6. The molecule has 0 aliphatic carbocycles. The molecular formula is C29H26FN3O4. The van der Waals surface area contributed by atoms with E-state index in [4.69, 9.17) is 10.5 Å². The Morgan fingerprint density at radius 2 is 1.89 bits per heavy atom. The van der Waals surface area contributed by atoms with Crippen LogP contribution in [0.15, 0.2) is 66.9 Å². The van der Waals surface area contributed by atoms with E-state index in [1.807, 2.05) is 24.3 Å². The number of carbonyl (C=O) groups excluding carboxylic acids is 2. The number of rotatable bonds is 7. The maximum Gasteiger partial charge on any atom is 0.231 e. The van der Waals surface area contributed by atoms with Crippen molar-refractivity contribution in [3.05, 3.63) is 89.5 Å². The van der Waals surface area contributed by atoms with Crippen molar-refractivity contribution < 1.29 is 23.8 Å². The highest BCUT2D eigenvalue weighted by Gasteiger charge is 2.45. The van der Waals surface area contributed by atoms with E-state index in [1.165, 1.54) is 18.3 Å². The number of para-hydroxylation sites is 1. The molecule has 3 heterocycles. The number of amides is 1. The van der Waals surface area contributed by atoms with Gasteiger partial charge in [0.1, 0.15) is 34.9 Å². The van der Waals surface area contributed by atoms with Crippen LogP contribution in [0, 0.1) is 5.82 Å². The predicted octanol–water partition coefficient (Wildman–Crippen LogP) is 4.44. The molecule has 2 atom stereocenters. The molecule has 7 nitrogen and oxygen atoms in total. The summed E-state index contributed by atoms with van der Waals surface area (Å²) in [5.41, 5.74) is 5.98. The largest absolute Gasteiger partial charge is 0.489 e. The molecule has 5 rings (SSSR count). The fourth-order valence-corrected chi connectivity index (χ4v) is 4.52. The van der Waals surface area contributed by atoms with Crippen LogP contribution in [0.2, 0.25) is 0 Å². The number of Topliss-reactive ketones (excluding diaryl/α,β-unsaturated/α-hetero) is 1. The van der Waals surface area contributed by atoms with E-state index >= 15 is 0 Å². The highest BCUT2D eigenvalue weighted by molar-refractivity contribution is 5.98. The Hall–Kier alpha value is -4.17. The highest BCUT2D eigenvalue weighted by Crippen LogP contribution is 2.45. The molecule has 8 heteroatoms. The number of nitrogens with two attached hydrogens (primary N) is 1. The summed E-state index contributed by atoms with van der Waals surface area (Å²) in [7, 11) is 0. The minimum Gasteiger partial charge on any atom is -0.489 e. The first-order valence-electron chi connectivity index (χ1n) is 11.9. The second kappa shape index (κ2) is 9.05. The molecule has 2 aromatic carbocycles. The minimum absolute atomic E-state index is 0.0204. The average molecular weight is 500 g/mol. The molecule has 1 aliphatic rings. The van der Waals surface area contributed by atoms with Crippen molar-refractivity contribution in [2.75, 3.05) is 6.61 Å². The summed E-state index contributed by atoms with van der Waals surface area (Å²) in [4.78, 5) is 34.3. The monoisotopic (exact) mass is 499 g/mol. The van der Waals surface area contributed by atoms with Crippen molar-refractivity contribution in [3.63, 3.8) is 0 Å². The highest BCUT2D eigenvalue weighted by atomic mass is 19.1. The number of ether oxygens (including phenoxy) is 1. The van der Waals surface area contributed by atoms with Crippen LogP contribution in [0.4, 0.5) is 4.39 Å². The molecule has 0 radical (unpaired) electrons. The van der Waals surface area contributed by atoms with Gasteiger partial charge in [-0.15, -0.1) is 0 Å². The fraction of sp³-hybridized carbons (Fsp3) is 0.241. The number of aliphatic hydroxyl groups is 1. The standard InChI is InChI=1S/C29H26FN3O4/c1-28(27(31)35)16-37-26-21(28)14-24(33-25(26)17-7-9-20(30)10-8-17)29(2,36)12-11-23(34)19-13-18-5-3-4-6-22(18)32-15-19/h3-10,13-15,36H,11-12,16H2,1-2H3,(H2,31,35)/t28-,29-/m0/s1. The lowest BCUT2D eigenvalue weighted by Crippen LogP contribution is -2.40. The van der Waals surface area contributed by atoms with Gasteiger partial charge in [-0.3, -0.25) is 14.6 Å². The lowest BCUT2D eigenvalue weighted by Gasteiger charge is -2.26. The first-order chi connectivity index (χ1) is 17.6. The summed E-state index contributed by atoms with van der Waals surface area (Å²) in [6, 6.07) is 16.6. The van der Waals surface area contributed by atoms with Crippen molar-refractivity contribution in [2.24, 2.45) is 5.73 Å². The van der Waals surface area contributed by atoms with Gasteiger partial charge >= 0.3 is 0 Å². The van der Waals surface area contributed by atoms with Gasteiger partial charge in [0.05, 0.1) is 11.2 Å². The second-order valence-corrected chi connectivity index (χ2v) is 9.84. The molecule has 3 N–H and O–H groups in total. The van der Waals surface area contributed by atoms with Crippen LogP contribution in [0.25, 0.3) is 22.2 Å². The van der Waals surface area contributed by atoms with E-state index in [-0.39, 0.29) is 30.9 Å². The molecule has 1 amide bonds. The SMILES string of the molecule is C[C@](O)(CCC(=O)c1cnc2ccccc2c1)c1cc2c(c(-c3ccc(F)cc3)n1)OC[C@]2(C)C(N)=O. The van der Waals surface area contributed by atoms with Gasteiger partial charge in [0, 0.05) is 34.7 Å². The molecule has 0 fully saturated rings. The number of nitrogens with zero attached hydrogens (tertiary/aromatic N) is 2. The molecule has 4 aromatic rings. The number of carbonyl (C=O) groups is 2. The quantitative estimate of drug-likeness (QED) is 0.363. The zero-order valence-corrected chi connectivity index (χ0v) is 20.5. The first-order valence-corrected chi connectivity index (χ1v) is 11.9. The molecule has 0 saturated heterocycles. The maximum absolute atomic E-state index is 13.6. The van der Waals surface area contributed by atoms with Crippen LogP contribution in [0.1, 0.15) is 48.3 Å². The summed E-state index contributed by atoms with van der Waals surface area (Å²) in [5.74, 6) is -0.783. The molecule has 0 bridgehead atoms. The molecule has 188 valence electrons. The van der Waals surface area contributed by atoms with E-state index in [0.29, 0.717) is 28.1 Å². The number of aromatic nitrogens is 2. The Morgan fingerprint density at radius 3 is 2.62 bits per heavy atom. The third-order valence-electron chi connectivity index (χ3n) is 7.04. The lowest BCUT2D eigenvalue weighted by atomic mass is 9.81. The zero-order valence-electron chi connectivity index (χ0n) is 20.5. The van der Waals surface area contributed by atoms with Gasteiger partial charge in [-0.25, -0.2) is 9.37 Å². The van der Waals surface area contributed by atoms with Gasteiger partial charge in [-0.2, -0.15) is 0 Å². The van der Waals surface area contributed by atoms with E-state index < -0.39 is 22.7 Å². The molecule has 0 saturated carbocycles. The number of hydrogen-bond donors (Lipinski definition) is 2. The Labute approximate surface area is 213 Å². The molecular weight excluding hydrogens is 473 g/mol. The van der Waals surface area contributed by atoms with Gasteiger partial charge < -0.3 is 15.6 Å². The van der Waals surface area contributed by atoms with Crippen molar-refractivity contribution in [3.8, 4) is 17.0 Å². The van der Waals surface area contributed by atoms with Crippen LogP contribution in [-0.2, 0) is 15.8 Å². The summed E-state index contributed by atoms with van der Waals surface area (Å²) < 4.78 is 19.4. The number of primary amides is 1. The first kappa shape index (κ1) is 24.5. The third kappa shape index (κ3) is 4.44. The van der Waals surface area contributed by atoms with Crippen molar-refractivity contribution in [2.45, 2.75) is 37.7 Å². The molecule has 2 aromatic heterocycles. The van der Waals surface area contributed by atoms with Crippen LogP contribution >= 0.6 is 0 Å². The van der Waals surface area contributed by atoms with Gasteiger partial charge in [0.2, 0.25) is 5.91 Å². The second-order valence-electron chi connectivity index (χ2n) is 9.84. The van der Waals surface area contributed by atoms with Crippen LogP contribution < -0.4 is 10.5 Å². The van der Waals surface area contributed by atoms with Gasteiger partial charge in [0.15, 0.2) is 5.78 Å². The minimum atomic E-state index is -1.52. The molecule has 0 spiro atoms. The number of fused-ring (bicyclic) bond motifs is 2. The summed E-state index contributed by atoms with van der Waals surface area (Å²) in [6.07, 6.45) is 1.65. The number of halogens is 1. The van der Waals surface area contributed by atoms with E-state index in [0.717, 1.165) is 10.9 Å². The smallest absolute Gasteiger partial charge is 0.231 e. The summed E-state index contributed by atoms with van der Waals surface area (Å²) in [5, 5.41) is 12.3. The Kier molecular flexibility index (Phi) is 6.00. The third-order valence-corrected chi connectivity index (χ3v) is 7.04. The predicted molar refractivity (Wildman–Crippen MR) is 137 cm³/mol. The van der Waals surface area contributed by atoms with Gasteiger partial charge in [0.25, 0.3) is 0 Å². The van der Waals surface area contributed by atoms with E-state index in [1.54, 1.807) is 38.1 Å². The number of benzene rings is 2. The van der Waals surface area contributed by atoms with Crippen LogP contribution in [0.3, 0.4) is 0 Å². The molecule has 1 aliphatic heterocycles. The van der Waals surface area contributed by atoms with E-state index in [2.05, 4.69) is 9.97 Å². The van der Waals surface area contributed by atoms with Crippen LogP contribution in [0.5, 0.6) is 5.75 Å². The topological polar surface area (TPSA) is 115 Å². The maximum atomic E-state index is 13.6. The van der Waals surface area contributed by atoms with E-state index in [9.17, 15) is 19.1 Å². The van der Waals surface area contributed by atoms with Gasteiger partial charge in [-0.1, -0.05) is 18.2 Å². The van der Waals surface area contributed by atoms with Crippen molar-refractivity contribution in [1.82, 2.24) is 9.97 Å². The number of ketones is 1. The Morgan fingerprint density at radius 1 is 1.16 bits per heavy atom. The normalized spacial score (nSPS) is 18.2. The molecule has 0 unspecified atom stereocenters.